The number of hydrogen-bond donors (Lipinski definition) is 1. The number of methoxy groups -OCH3 is 1. The predicted octanol–water partition coefficient (Wildman–Crippen LogP) is 3.04. The van der Waals surface area contributed by atoms with Gasteiger partial charge >= 0.3 is 0 Å². The van der Waals surface area contributed by atoms with E-state index < -0.39 is 0 Å². The zero-order chi connectivity index (χ0) is 16.3. The lowest BCUT2D eigenvalue weighted by atomic mass is 10.2. The molecule has 4 heteroatoms. The Morgan fingerprint density at radius 3 is 2.74 bits per heavy atom. The van der Waals surface area contributed by atoms with Crippen LogP contribution in [0, 0.1) is 0 Å². The van der Waals surface area contributed by atoms with Crippen LogP contribution in [-0.2, 0) is 16.1 Å². The Bertz CT molecular complexity index is 638. The van der Waals surface area contributed by atoms with E-state index in [0.29, 0.717) is 19.8 Å². The van der Waals surface area contributed by atoms with E-state index in [1.807, 2.05) is 54.6 Å². The second kappa shape index (κ2) is 9.43. The van der Waals surface area contributed by atoms with Gasteiger partial charge in [0, 0.05) is 19.7 Å². The third kappa shape index (κ3) is 6.36. The van der Waals surface area contributed by atoms with Gasteiger partial charge < -0.3 is 14.8 Å². The zero-order valence-electron chi connectivity index (χ0n) is 13.2. The second-order valence-corrected chi connectivity index (χ2v) is 4.96. The average molecular weight is 311 g/mol. The van der Waals surface area contributed by atoms with Crippen molar-refractivity contribution >= 4 is 12.0 Å². The van der Waals surface area contributed by atoms with Crippen LogP contribution in [0.25, 0.3) is 6.08 Å². The molecule has 0 atom stereocenters. The van der Waals surface area contributed by atoms with Crippen LogP contribution >= 0.6 is 0 Å². The number of ether oxygens (including phenoxy) is 2. The van der Waals surface area contributed by atoms with E-state index in [-0.39, 0.29) is 5.91 Å². The minimum absolute atomic E-state index is 0.141. The molecule has 1 N–H and O–H groups in total. The molecule has 0 bridgehead atoms. The molecule has 4 nitrogen and oxygen atoms in total. The van der Waals surface area contributed by atoms with Crippen LogP contribution in [0.4, 0.5) is 0 Å². The van der Waals surface area contributed by atoms with Gasteiger partial charge in [-0.2, -0.15) is 0 Å². The van der Waals surface area contributed by atoms with Crippen molar-refractivity contribution in [2.24, 2.45) is 0 Å². The van der Waals surface area contributed by atoms with Crippen molar-refractivity contribution in [2.75, 3.05) is 20.3 Å². The normalized spacial score (nSPS) is 10.7. The average Bonchev–Trinajstić information content (AvgIpc) is 2.60. The summed E-state index contributed by atoms with van der Waals surface area (Å²) in [6, 6.07) is 17.6. The first-order valence-corrected chi connectivity index (χ1v) is 7.49. The lowest BCUT2D eigenvalue weighted by Crippen LogP contribution is -2.24. The first kappa shape index (κ1) is 16.8. The maximum atomic E-state index is 11.6. The van der Waals surface area contributed by atoms with E-state index in [2.05, 4.69) is 5.32 Å². The highest BCUT2D eigenvalue weighted by atomic mass is 16.5. The monoisotopic (exact) mass is 311 g/mol. The summed E-state index contributed by atoms with van der Waals surface area (Å²) < 4.78 is 10.6. The van der Waals surface area contributed by atoms with Crippen LogP contribution in [-0.4, -0.2) is 26.2 Å². The first-order chi connectivity index (χ1) is 11.3. The highest BCUT2D eigenvalue weighted by molar-refractivity contribution is 5.91. The molecule has 0 aromatic heterocycles. The molecule has 2 aromatic carbocycles. The van der Waals surface area contributed by atoms with E-state index in [4.69, 9.17) is 9.47 Å². The fraction of sp³-hybridized carbons (Fsp3) is 0.211. The molecule has 23 heavy (non-hydrogen) atoms. The maximum absolute atomic E-state index is 11.6. The molecule has 2 rings (SSSR count). The second-order valence-electron chi connectivity index (χ2n) is 4.96. The number of benzene rings is 2. The molecule has 0 unspecified atom stereocenters. The molecule has 0 aliphatic carbocycles. The Morgan fingerprint density at radius 2 is 1.96 bits per heavy atom. The van der Waals surface area contributed by atoms with Crippen molar-refractivity contribution in [1.82, 2.24) is 5.32 Å². The van der Waals surface area contributed by atoms with Gasteiger partial charge in [0.25, 0.3) is 0 Å². The largest absolute Gasteiger partial charge is 0.489 e. The minimum atomic E-state index is -0.141. The van der Waals surface area contributed by atoms with Crippen LogP contribution in [0.5, 0.6) is 5.75 Å². The van der Waals surface area contributed by atoms with Gasteiger partial charge in [-0.25, -0.2) is 0 Å². The predicted molar refractivity (Wildman–Crippen MR) is 91.1 cm³/mol. The van der Waals surface area contributed by atoms with E-state index >= 15 is 0 Å². The van der Waals surface area contributed by atoms with Gasteiger partial charge in [-0.1, -0.05) is 42.5 Å². The molecule has 0 saturated heterocycles. The first-order valence-electron chi connectivity index (χ1n) is 7.49. The number of hydrogen-bond acceptors (Lipinski definition) is 3. The molecule has 120 valence electrons. The van der Waals surface area contributed by atoms with Gasteiger partial charge in [0.05, 0.1) is 6.61 Å². The minimum Gasteiger partial charge on any atom is -0.489 e. The lowest BCUT2D eigenvalue weighted by molar-refractivity contribution is -0.116. The highest BCUT2D eigenvalue weighted by Crippen LogP contribution is 2.16. The summed E-state index contributed by atoms with van der Waals surface area (Å²) in [6.07, 6.45) is 3.27. The van der Waals surface area contributed by atoms with Crippen LogP contribution in [0.1, 0.15) is 11.1 Å². The number of carbonyl (C=O) groups is 1. The molecule has 0 fully saturated rings. The fourth-order valence-electron chi connectivity index (χ4n) is 1.96. The SMILES string of the molecule is COCCNC(=O)C=Cc1cccc(OCc2ccccc2)c1. The van der Waals surface area contributed by atoms with Gasteiger partial charge in [-0.3, -0.25) is 4.79 Å². The van der Waals surface area contributed by atoms with Gasteiger partial charge in [-0.05, 0) is 29.3 Å². The summed E-state index contributed by atoms with van der Waals surface area (Å²) in [5.74, 6) is 0.633. The number of rotatable bonds is 8. The molecule has 0 saturated carbocycles. The van der Waals surface area contributed by atoms with E-state index in [9.17, 15) is 4.79 Å². The Morgan fingerprint density at radius 1 is 1.13 bits per heavy atom. The fourth-order valence-corrected chi connectivity index (χ4v) is 1.96. The zero-order valence-corrected chi connectivity index (χ0v) is 13.2. The van der Waals surface area contributed by atoms with E-state index in [0.717, 1.165) is 16.9 Å². The van der Waals surface area contributed by atoms with E-state index in [1.165, 1.54) is 6.08 Å². The van der Waals surface area contributed by atoms with Crippen LogP contribution < -0.4 is 10.1 Å². The van der Waals surface area contributed by atoms with Crippen molar-refractivity contribution in [1.29, 1.82) is 0 Å². The molecule has 0 aliphatic rings. The number of amides is 1. The lowest BCUT2D eigenvalue weighted by Gasteiger charge is -2.07. The summed E-state index contributed by atoms with van der Waals surface area (Å²) >= 11 is 0. The maximum Gasteiger partial charge on any atom is 0.244 e. The van der Waals surface area contributed by atoms with Crippen molar-refractivity contribution in [3.8, 4) is 5.75 Å². The molecular weight excluding hydrogens is 290 g/mol. The third-order valence-electron chi connectivity index (χ3n) is 3.14. The smallest absolute Gasteiger partial charge is 0.244 e. The quantitative estimate of drug-likeness (QED) is 0.602. The summed E-state index contributed by atoms with van der Waals surface area (Å²) in [6.45, 7) is 1.52. The molecule has 0 heterocycles. The Kier molecular flexibility index (Phi) is 6.88. The number of nitrogens with one attached hydrogen (secondary N) is 1. The van der Waals surface area contributed by atoms with Crippen molar-refractivity contribution in [3.63, 3.8) is 0 Å². The van der Waals surface area contributed by atoms with Gasteiger partial charge in [-0.15, -0.1) is 0 Å². The molecule has 0 radical (unpaired) electrons. The summed E-state index contributed by atoms with van der Waals surface area (Å²) in [5, 5.41) is 2.73. The van der Waals surface area contributed by atoms with E-state index in [1.54, 1.807) is 13.2 Å². The van der Waals surface area contributed by atoms with Gasteiger partial charge in [0.2, 0.25) is 5.91 Å². The van der Waals surface area contributed by atoms with Gasteiger partial charge in [0.1, 0.15) is 12.4 Å². The van der Waals surface area contributed by atoms with Crippen molar-refractivity contribution in [2.45, 2.75) is 6.61 Å². The Balaban J connectivity index is 1.88. The highest BCUT2D eigenvalue weighted by Gasteiger charge is 1.98. The topological polar surface area (TPSA) is 47.6 Å². The summed E-state index contributed by atoms with van der Waals surface area (Å²) in [5.41, 5.74) is 2.03. The van der Waals surface area contributed by atoms with Crippen molar-refractivity contribution in [3.05, 3.63) is 71.8 Å². The van der Waals surface area contributed by atoms with Crippen LogP contribution in [0.3, 0.4) is 0 Å². The van der Waals surface area contributed by atoms with Crippen LogP contribution in [0.2, 0.25) is 0 Å². The number of carbonyl (C=O) groups excluding carboxylic acids is 1. The molecule has 0 aliphatic heterocycles. The molecular formula is C19H21NO3. The third-order valence-corrected chi connectivity index (χ3v) is 3.14. The molecule has 0 spiro atoms. The molecule has 2 aromatic rings. The van der Waals surface area contributed by atoms with Crippen LogP contribution in [0.15, 0.2) is 60.7 Å². The van der Waals surface area contributed by atoms with Gasteiger partial charge in [0.15, 0.2) is 0 Å². The standard InChI is InChI=1S/C19H21NO3/c1-22-13-12-20-19(21)11-10-16-8-5-9-18(14-16)23-15-17-6-3-2-4-7-17/h2-11,14H,12-13,15H2,1H3,(H,20,21). The summed E-state index contributed by atoms with van der Waals surface area (Å²) in [7, 11) is 1.60. The van der Waals surface area contributed by atoms with Crippen molar-refractivity contribution < 1.29 is 14.3 Å². The summed E-state index contributed by atoms with van der Waals surface area (Å²) in [4.78, 5) is 11.6. The molecule has 1 amide bonds. The Labute approximate surface area is 136 Å². The Hall–Kier alpha value is -2.59.